The van der Waals surface area contributed by atoms with Gasteiger partial charge in [0.2, 0.25) is 5.91 Å². The summed E-state index contributed by atoms with van der Waals surface area (Å²) in [6.07, 6.45) is -5.52. The average Bonchev–Trinajstić information content (AvgIpc) is 2.64. The smallest absolute Gasteiger partial charge is 0.273 e. The monoisotopic (exact) mass is 425 g/mol. The van der Waals surface area contributed by atoms with Crippen LogP contribution in [0.4, 0.5) is 17.6 Å². The number of thioether (sulfide) groups is 1. The molecule has 0 spiro atoms. The molecule has 3 aromatic rings. The van der Waals surface area contributed by atoms with Crippen LogP contribution in [0.3, 0.4) is 0 Å². The molecule has 0 aliphatic carbocycles. The van der Waals surface area contributed by atoms with Gasteiger partial charge in [0.15, 0.2) is 5.16 Å². The minimum atomic E-state index is -4.38. The Hall–Kier alpha value is -2.88. The number of aromatic nitrogens is 2. The Morgan fingerprint density at radius 1 is 1.14 bits per heavy atom. The van der Waals surface area contributed by atoms with Gasteiger partial charge in [0.25, 0.3) is 5.56 Å². The summed E-state index contributed by atoms with van der Waals surface area (Å²) in [7, 11) is 0. The van der Waals surface area contributed by atoms with Gasteiger partial charge in [-0.05, 0) is 17.7 Å². The summed E-state index contributed by atoms with van der Waals surface area (Å²) in [5.41, 5.74) is 2.38. The Balaban J connectivity index is 1.92. The van der Waals surface area contributed by atoms with E-state index >= 15 is 0 Å². The zero-order valence-electron chi connectivity index (χ0n) is 14.9. The molecule has 0 radical (unpaired) electrons. The number of alkyl halides is 3. The maximum absolute atomic E-state index is 13.5. The Labute approximate surface area is 166 Å². The van der Waals surface area contributed by atoms with E-state index in [1.54, 1.807) is 30.3 Å². The summed E-state index contributed by atoms with van der Waals surface area (Å²) >= 11 is 0.652. The molecule has 0 atom stereocenters. The first-order valence-electron chi connectivity index (χ1n) is 8.48. The highest BCUT2D eigenvalue weighted by Gasteiger charge is 2.27. The lowest BCUT2D eigenvalue weighted by Gasteiger charge is -2.14. The van der Waals surface area contributed by atoms with Gasteiger partial charge in [-0.1, -0.05) is 42.1 Å². The predicted molar refractivity (Wildman–Crippen MR) is 102 cm³/mol. The van der Waals surface area contributed by atoms with Crippen LogP contribution >= 0.6 is 11.8 Å². The summed E-state index contributed by atoms with van der Waals surface area (Å²) in [6.45, 7) is 0. The average molecular weight is 425 g/mol. The summed E-state index contributed by atoms with van der Waals surface area (Å²) in [6, 6.07) is 12.0. The number of amides is 1. The van der Waals surface area contributed by atoms with Gasteiger partial charge in [-0.2, -0.15) is 17.8 Å². The van der Waals surface area contributed by atoms with Gasteiger partial charge in [0, 0.05) is 11.8 Å². The second kappa shape index (κ2) is 8.64. The third kappa shape index (κ3) is 5.57. The van der Waals surface area contributed by atoms with Crippen LogP contribution < -0.4 is 11.0 Å². The molecule has 5 nitrogen and oxygen atoms in total. The number of benzene rings is 2. The molecule has 3 rings (SSSR count). The van der Waals surface area contributed by atoms with E-state index in [0.717, 1.165) is 16.8 Å². The predicted octanol–water partition coefficient (Wildman–Crippen LogP) is 3.89. The number of nitrogens with zero attached hydrogens (tertiary/aromatic N) is 2. The molecule has 0 bridgehead atoms. The molecule has 0 fully saturated rings. The van der Waals surface area contributed by atoms with E-state index < -0.39 is 35.6 Å². The summed E-state index contributed by atoms with van der Waals surface area (Å²) in [5, 5.41) is -0.120. The molecular formula is C19H15F4N3O2S. The van der Waals surface area contributed by atoms with E-state index in [2.05, 4.69) is 10.4 Å². The molecule has 1 aromatic heterocycles. The molecule has 0 unspecified atom stereocenters. The van der Waals surface area contributed by atoms with Gasteiger partial charge in [-0.15, -0.1) is 0 Å². The molecule has 0 aliphatic heterocycles. The third-order valence-electron chi connectivity index (χ3n) is 3.86. The first-order valence-corrected chi connectivity index (χ1v) is 9.47. The topological polar surface area (TPSA) is 64.0 Å². The number of hydrogen-bond donors (Lipinski definition) is 1. The van der Waals surface area contributed by atoms with E-state index in [9.17, 15) is 27.2 Å². The maximum atomic E-state index is 13.5. The minimum absolute atomic E-state index is 0.00179. The second-order valence-electron chi connectivity index (χ2n) is 6.11. The second-order valence-corrected chi connectivity index (χ2v) is 7.17. The van der Waals surface area contributed by atoms with E-state index in [-0.39, 0.29) is 22.5 Å². The van der Waals surface area contributed by atoms with Crippen LogP contribution in [0.25, 0.3) is 10.9 Å². The highest BCUT2D eigenvalue weighted by atomic mass is 32.2. The fourth-order valence-electron chi connectivity index (χ4n) is 2.54. The molecule has 0 saturated heterocycles. The van der Waals surface area contributed by atoms with Crippen LogP contribution in [-0.4, -0.2) is 27.5 Å². The fraction of sp³-hybridized carbons (Fsp3) is 0.211. The van der Waals surface area contributed by atoms with Gasteiger partial charge in [0.05, 0.1) is 23.7 Å². The van der Waals surface area contributed by atoms with Crippen molar-refractivity contribution < 1.29 is 22.4 Å². The van der Waals surface area contributed by atoms with Crippen molar-refractivity contribution in [3.05, 3.63) is 70.3 Å². The van der Waals surface area contributed by atoms with Crippen molar-refractivity contribution in [3.8, 4) is 0 Å². The van der Waals surface area contributed by atoms with Crippen LogP contribution in [0, 0.1) is 5.82 Å². The normalized spacial score (nSPS) is 11.6. The maximum Gasteiger partial charge on any atom is 0.389 e. The molecule has 0 aliphatic rings. The third-order valence-corrected chi connectivity index (χ3v) is 4.80. The van der Waals surface area contributed by atoms with E-state index in [0.29, 0.717) is 17.3 Å². The molecule has 1 amide bonds. The Bertz CT molecular complexity index is 1080. The van der Waals surface area contributed by atoms with Crippen LogP contribution in [0.2, 0.25) is 0 Å². The molecule has 0 saturated carbocycles. The van der Waals surface area contributed by atoms with Crippen molar-refractivity contribution in [2.75, 3.05) is 11.2 Å². The standard InChI is InChI=1S/C19H15F4N3O2S/c20-13-6-7-14-15(11-13)24-18(29-9-8-19(21,22)23)26(17(14)28)25-16(27)10-12-4-2-1-3-5-12/h1-7,11H,8-10H2,(H,25,27). The van der Waals surface area contributed by atoms with E-state index in [1.165, 1.54) is 6.07 Å². The fourth-order valence-corrected chi connectivity index (χ4v) is 3.47. The summed E-state index contributed by atoms with van der Waals surface area (Å²) in [4.78, 5) is 29.2. The Kier molecular flexibility index (Phi) is 6.21. The minimum Gasteiger partial charge on any atom is -0.273 e. The highest BCUT2D eigenvalue weighted by molar-refractivity contribution is 7.99. The SMILES string of the molecule is O=C(Cc1ccccc1)Nn1c(SCCC(F)(F)F)nc2cc(F)ccc2c1=O. The number of carbonyl (C=O) groups is 1. The number of hydrogen-bond acceptors (Lipinski definition) is 4. The number of nitrogens with one attached hydrogen (secondary N) is 1. The molecule has 29 heavy (non-hydrogen) atoms. The first kappa shape index (κ1) is 20.8. The Morgan fingerprint density at radius 3 is 2.55 bits per heavy atom. The number of halogens is 4. The number of rotatable bonds is 6. The Morgan fingerprint density at radius 2 is 1.86 bits per heavy atom. The van der Waals surface area contributed by atoms with E-state index in [1.807, 2.05) is 0 Å². The lowest BCUT2D eigenvalue weighted by atomic mass is 10.1. The van der Waals surface area contributed by atoms with Gasteiger partial charge in [0.1, 0.15) is 5.82 Å². The summed E-state index contributed by atoms with van der Waals surface area (Å²) < 4.78 is 51.7. The summed E-state index contributed by atoms with van der Waals surface area (Å²) in [5.74, 6) is -1.59. The molecule has 10 heteroatoms. The zero-order chi connectivity index (χ0) is 21.0. The van der Waals surface area contributed by atoms with Gasteiger partial charge in [-0.3, -0.25) is 15.0 Å². The molecule has 2 aromatic carbocycles. The highest BCUT2D eigenvalue weighted by Crippen LogP contribution is 2.25. The van der Waals surface area contributed by atoms with Crippen molar-refractivity contribution in [2.45, 2.75) is 24.2 Å². The van der Waals surface area contributed by atoms with Crippen LogP contribution in [-0.2, 0) is 11.2 Å². The number of fused-ring (bicyclic) bond motifs is 1. The van der Waals surface area contributed by atoms with Crippen molar-refractivity contribution in [3.63, 3.8) is 0 Å². The van der Waals surface area contributed by atoms with Crippen LogP contribution in [0.1, 0.15) is 12.0 Å². The lowest BCUT2D eigenvalue weighted by Crippen LogP contribution is -2.36. The van der Waals surface area contributed by atoms with Crippen molar-refractivity contribution in [1.82, 2.24) is 9.66 Å². The van der Waals surface area contributed by atoms with Crippen molar-refractivity contribution in [2.24, 2.45) is 0 Å². The van der Waals surface area contributed by atoms with Crippen LogP contribution in [0.15, 0.2) is 58.5 Å². The molecule has 1 N–H and O–H groups in total. The van der Waals surface area contributed by atoms with Crippen molar-refractivity contribution in [1.29, 1.82) is 0 Å². The van der Waals surface area contributed by atoms with Crippen LogP contribution in [0.5, 0.6) is 0 Å². The molecule has 152 valence electrons. The zero-order valence-corrected chi connectivity index (χ0v) is 15.7. The lowest BCUT2D eigenvalue weighted by molar-refractivity contribution is -0.129. The van der Waals surface area contributed by atoms with Crippen molar-refractivity contribution >= 4 is 28.6 Å². The van der Waals surface area contributed by atoms with Gasteiger partial charge < -0.3 is 0 Å². The number of carbonyl (C=O) groups excluding carboxylic acids is 1. The van der Waals surface area contributed by atoms with Gasteiger partial charge in [-0.25, -0.2) is 9.37 Å². The van der Waals surface area contributed by atoms with Gasteiger partial charge >= 0.3 is 6.18 Å². The molecule has 1 heterocycles. The quantitative estimate of drug-likeness (QED) is 0.370. The first-order chi connectivity index (χ1) is 13.7. The molecular weight excluding hydrogens is 410 g/mol. The van der Waals surface area contributed by atoms with E-state index in [4.69, 9.17) is 0 Å². The largest absolute Gasteiger partial charge is 0.389 e.